The molecule has 21 heavy (non-hydrogen) atoms. The Morgan fingerprint density at radius 2 is 2.33 bits per heavy atom. The van der Waals surface area contributed by atoms with Gasteiger partial charge in [-0.25, -0.2) is 4.39 Å². The number of carbonyl (C=O) groups excluding carboxylic acids is 1. The summed E-state index contributed by atoms with van der Waals surface area (Å²) in [6.07, 6.45) is -0.165. The molecule has 1 atom stereocenters. The van der Waals surface area contributed by atoms with Gasteiger partial charge in [-0.05, 0) is 31.5 Å². The molecule has 2 N–H and O–H groups in total. The highest BCUT2D eigenvalue weighted by molar-refractivity contribution is 5.92. The van der Waals surface area contributed by atoms with Gasteiger partial charge in [-0.1, -0.05) is 12.1 Å². The standard InChI is InChI=1S/C14H17FN4O2/c1-3-21-9(2)13(20)17-14-16-12(18-19-14)8-10-5-4-6-11(15)7-10/h4-7,9H,3,8H2,1-2H3,(H2,16,17,18,19,20)/t9-/m0/s1. The molecular weight excluding hydrogens is 275 g/mol. The maximum Gasteiger partial charge on any atom is 0.255 e. The monoisotopic (exact) mass is 292 g/mol. The number of benzene rings is 1. The van der Waals surface area contributed by atoms with Crippen LogP contribution in [0.3, 0.4) is 0 Å². The zero-order chi connectivity index (χ0) is 15.2. The summed E-state index contributed by atoms with van der Waals surface area (Å²) in [7, 11) is 0. The molecular formula is C14H17FN4O2. The Bertz CT molecular complexity index is 615. The molecule has 6 nitrogen and oxygen atoms in total. The third-order valence-electron chi connectivity index (χ3n) is 2.81. The molecule has 0 saturated heterocycles. The van der Waals surface area contributed by atoms with E-state index in [1.807, 2.05) is 6.92 Å². The number of anilines is 1. The van der Waals surface area contributed by atoms with E-state index in [1.165, 1.54) is 12.1 Å². The largest absolute Gasteiger partial charge is 0.369 e. The zero-order valence-corrected chi connectivity index (χ0v) is 11.9. The smallest absolute Gasteiger partial charge is 0.255 e. The average molecular weight is 292 g/mol. The Morgan fingerprint density at radius 3 is 3.05 bits per heavy atom. The van der Waals surface area contributed by atoms with E-state index in [2.05, 4.69) is 20.5 Å². The molecule has 0 bridgehead atoms. The molecule has 0 radical (unpaired) electrons. The van der Waals surface area contributed by atoms with Crippen molar-refractivity contribution in [3.63, 3.8) is 0 Å². The van der Waals surface area contributed by atoms with E-state index in [-0.39, 0.29) is 17.7 Å². The third-order valence-corrected chi connectivity index (χ3v) is 2.81. The molecule has 1 heterocycles. The predicted octanol–water partition coefficient (Wildman–Crippen LogP) is 1.90. The molecule has 0 unspecified atom stereocenters. The van der Waals surface area contributed by atoms with Crippen LogP contribution in [-0.2, 0) is 16.0 Å². The molecule has 2 rings (SSSR count). The van der Waals surface area contributed by atoms with Crippen LogP contribution in [0.15, 0.2) is 24.3 Å². The molecule has 0 aliphatic heterocycles. The minimum Gasteiger partial charge on any atom is -0.369 e. The molecule has 0 aliphatic rings. The second kappa shape index (κ2) is 6.94. The summed E-state index contributed by atoms with van der Waals surface area (Å²) < 4.78 is 18.3. The van der Waals surface area contributed by atoms with Gasteiger partial charge in [-0.2, -0.15) is 4.98 Å². The number of carbonyl (C=O) groups is 1. The van der Waals surface area contributed by atoms with Gasteiger partial charge >= 0.3 is 0 Å². The van der Waals surface area contributed by atoms with E-state index in [1.54, 1.807) is 19.1 Å². The van der Waals surface area contributed by atoms with Gasteiger partial charge in [0.05, 0.1) is 0 Å². The van der Waals surface area contributed by atoms with E-state index in [4.69, 9.17) is 4.74 Å². The van der Waals surface area contributed by atoms with Gasteiger partial charge in [0.15, 0.2) is 0 Å². The summed E-state index contributed by atoms with van der Waals surface area (Å²) in [5, 5.41) is 9.16. The van der Waals surface area contributed by atoms with Crippen LogP contribution in [0, 0.1) is 5.82 Å². The average Bonchev–Trinajstić information content (AvgIpc) is 2.86. The molecule has 0 spiro atoms. The van der Waals surface area contributed by atoms with Crippen LogP contribution in [0.5, 0.6) is 0 Å². The van der Waals surface area contributed by atoms with Gasteiger partial charge in [-0.3, -0.25) is 15.2 Å². The first-order chi connectivity index (χ1) is 10.1. The van der Waals surface area contributed by atoms with E-state index < -0.39 is 6.10 Å². The van der Waals surface area contributed by atoms with E-state index in [9.17, 15) is 9.18 Å². The number of nitrogens with one attached hydrogen (secondary N) is 2. The quantitative estimate of drug-likeness (QED) is 0.852. The minimum atomic E-state index is -0.569. The molecule has 1 amide bonds. The fraction of sp³-hybridized carbons (Fsp3) is 0.357. The molecule has 1 aromatic heterocycles. The van der Waals surface area contributed by atoms with Crippen LogP contribution < -0.4 is 5.32 Å². The van der Waals surface area contributed by atoms with Gasteiger partial charge in [0, 0.05) is 13.0 Å². The van der Waals surface area contributed by atoms with Crippen molar-refractivity contribution in [3.8, 4) is 0 Å². The Kier molecular flexibility index (Phi) is 4.99. The Morgan fingerprint density at radius 1 is 1.52 bits per heavy atom. The Labute approximate surface area is 121 Å². The fourth-order valence-corrected chi connectivity index (χ4v) is 1.81. The number of amides is 1. The fourth-order valence-electron chi connectivity index (χ4n) is 1.81. The van der Waals surface area contributed by atoms with Crippen LogP contribution in [0.4, 0.5) is 10.3 Å². The summed E-state index contributed by atoms with van der Waals surface area (Å²) in [5.74, 6) is 0.108. The summed E-state index contributed by atoms with van der Waals surface area (Å²) >= 11 is 0. The molecule has 1 aromatic carbocycles. The number of hydrogen-bond acceptors (Lipinski definition) is 4. The second-order valence-corrected chi connectivity index (χ2v) is 4.50. The first-order valence-corrected chi connectivity index (χ1v) is 6.66. The van der Waals surface area contributed by atoms with Gasteiger partial charge < -0.3 is 4.74 Å². The molecule has 2 aromatic rings. The maximum atomic E-state index is 13.1. The Balaban J connectivity index is 1.97. The number of H-pyrrole nitrogens is 1. The summed E-state index contributed by atoms with van der Waals surface area (Å²) in [5.41, 5.74) is 0.770. The van der Waals surface area contributed by atoms with Gasteiger partial charge in [-0.15, -0.1) is 5.10 Å². The highest BCUT2D eigenvalue weighted by atomic mass is 19.1. The summed E-state index contributed by atoms with van der Waals surface area (Å²) in [6.45, 7) is 3.92. The van der Waals surface area contributed by atoms with Crippen LogP contribution >= 0.6 is 0 Å². The Hall–Kier alpha value is -2.28. The van der Waals surface area contributed by atoms with E-state index >= 15 is 0 Å². The number of rotatable bonds is 6. The van der Waals surface area contributed by atoms with Crippen LogP contribution in [0.1, 0.15) is 25.2 Å². The zero-order valence-electron chi connectivity index (χ0n) is 11.9. The van der Waals surface area contributed by atoms with Crippen LogP contribution in [0.25, 0.3) is 0 Å². The first kappa shape index (κ1) is 15.1. The number of aromatic amines is 1. The number of nitrogens with zero attached hydrogens (tertiary/aromatic N) is 2. The predicted molar refractivity (Wildman–Crippen MR) is 75.3 cm³/mol. The van der Waals surface area contributed by atoms with Gasteiger partial charge in [0.1, 0.15) is 17.7 Å². The third kappa shape index (κ3) is 4.35. The van der Waals surface area contributed by atoms with Gasteiger partial charge in [0.2, 0.25) is 5.95 Å². The molecule has 112 valence electrons. The number of halogens is 1. The van der Waals surface area contributed by atoms with Gasteiger partial charge in [0.25, 0.3) is 5.91 Å². The highest BCUT2D eigenvalue weighted by Gasteiger charge is 2.15. The highest BCUT2D eigenvalue weighted by Crippen LogP contribution is 2.09. The van der Waals surface area contributed by atoms with Crippen molar-refractivity contribution >= 4 is 11.9 Å². The van der Waals surface area contributed by atoms with Crippen molar-refractivity contribution in [1.82, 2.24) is 15.2 Å². The summed E-state index contributed by atoms with van der Waals surface area (Å²) in [6, 6.07) is 6.23. The van der Waals surface area contributed by atoms with E-state index in [0.717, 1.165) is 5.56 Å². The molecule has 0 saturated carbocycles. The number of aromatic nitrogens is 3. The van der Waals surface area contributed by atoms with Crippen molar-refractivity contribution in [1.29, 1.82) is 0 Å². The summed E-state index contributed by atoms with van der Waals surface area (Å²) in [4.78, 5) is 15.9. The van der Waals surface area contributed by atoms with Crippen molar-refractivity contribution < 1.29 is 13.9 Å². The van der Waals surface area contributed by atoms with Crippen molar-refractivity contribution in [3.05, 3.63) is 41.5 Å². The SMILES string of the molecule is CCO[C@@H](C)C(=O)Nc1n[nH]c(Cc2cccc(F)c2)n1. The lowest BCUT2D eigenvalue weighted by Gasteiger charge is -2.09. The lowest BCUT2D eigenvalue weighted by atomic mass is 10.1. The number of ether oxygens (including phenoxy) is 1. The second-order valence-electron chi connectivity index (χ2n) is 4.50. The van der Waals surface area contributed by atoms with Crippen molar-refractivity contribution in [2.45, 2.75) is 26.4 Å². The molecule has 7 heteroatoms. The van der Waals surface area contributed by atoms with Crippen LogP contribution in [-0.4, -0.2) is 33.8 Å². The van der Waals surface area contributed by atoms with Crippen molar-refractivity contribution in [2.75, 3.05) is 11.9 Å². The lowest BCUT2D eigenvalue weighted by Crippen LogP contribution is -2.28. The topological polar surface area (TPSA) is 79.9 Å². The van der Waals surface area contributed by atoms with E-state index in [0.29, 0.717) is 18.9 Å². The lowest BCUT2D eigenvalue weighted by molar-refractivity contribution is -0.126. The molecule has 0 aliphatic carbocycles. The van der Waals surface area contributed by atoms with Crippen molar-refractivity contribution in [2.24, 2.45) is 0 Å². The maximum absolute atomic E-state index is 13.1. The number of hydrogen-bond donors (Lipinski definition) is 2. The minimum absolute atomic E-state index is 0.179. The van der Waals surface area contributed by atoms with Crippen LogP contribution in [0.2, 0.25) is 0 Å². The normalized spacial score (nSPS) is 12.1. The molecule has 0 fully saturated rings. The first-order valence-electron chi connectivity index (χ1n) is 6.66.